The predicted octanol–water partition coefficient (Wildman–Crippen LogP) is 0.253. The minimum absolute atomic E-state index is 0.113. The van der Waals surface area contributed by atoms with Gasteiger partial charge in [0.25, 0.3) is 5.91 Å². The second-order valence-electron chi connectivity index (χ2n) is 3.37. The Bertz CT molecular complexity index is 321. The van der Waals surface area contributed by atoms with Crippen molar-refractivity contribution < 1.29 is 19.1 Å². The molecule has 1 unspecified atom stereocenters. The summed E-state index contributed by atoms with van der Waals surface area (Å²) in [6.07, 6.45) is 2.62. The standard InChI is InChI=1S/C10H13NO4/c1-7(15-8(2)12)6-11-9(13)4-3-5-10(11)14/h3-4,7H,5-6H2,1-2H3. The SMILES string of the molecule is CC(=O)OC(C)CN1C(=O)C=CCC1=O. The highest BCUT2D eigenvalue weighted by Gasteiger charge is 2.24. The van der Waals surface area contributed by atoms with Gasteiger partial charge in [-0.1, -0.05) is 6.08 Å². The van der Waals surface area contributed by atoms with Crippen LogP contribution in [0.3, 0.4) is 0 Å². The van der Waals surface area contributed by atoms with E-state index in [1.807, 2.05) is 0 Å². The van der Waals surface area contributed by atoms with Crippen molar-refractivity contribution in [3.8, 4) is 0 Å². The molecule has 0 spiro atoms. The van der Waals surface area contributed by atoms with E-state index < -0.39 is 12.1 Å². The van der Waals surface area contributed by atoms with Crippen LogP contribution in [0.4, 0.5) is 0 Å². The molecule has 1 aliphatic heterocycles. The lowest BCUT2D eigenvalue weighted by Crippen LogP contribution is -2.42. The molecule has 5 heteroatoms. The number of carbonyl (C=O) groups is 3. The molecule has 0 saturated heterocycles. The lowest BCUT2D eigenvalue weighted by molar-refractivity contribution is -0.152. The van der Waals surface area contributed by atoms with E-state index in [1.54, 1.807) is 6.92 Å². The van der Waals surface area contributed by atoms with Gasteiger partial charge in [-0.15, -0.1) is 0 Å². The van der Waals surface area contributed by atoms with Crippen molar-refractivity contribution in [2.75, 3.05) is 6.54 Å². The molecule has 0 bridgehead atoms. The van der Waals surface area contributed by atoms with Gasteiger partial charge in [-0.25, -0.2) is 0 Å². The van der Waals surface area contributed by atoms with Crippen LogP contribution >= 0.6 is 0 Å². The molecule has 0 aromatic carbocycles. The fraction of sp³-hybridized carbons (Fsp3) is 0.500. The Morgan fingerprint density at radius 3 is 2.80 bits per heavy atom. The molecule has 0 aromatic heterocycles. The molecule has 0 saturated carbocycles. The predicted molar refractivity (Wildman–Crippen MR) is 51.7 cm³/mol. The molecule has 2 amide bonds. The number of carbonyl (C=O) groups excluding carboxylic acids is 3. The van der Waals surface area contributed by atoms with Crippen LogP contribution in [0.1, 0.15) is 20.3 Å². The van der Waals surface area contributed by atoms with Gasteiger partial charge in [0.2, 0.25) is 5.91 Å². The molecule has 0 aromatic rings. The maximum absolute atomic E-state index is 11.3. The van der Waals surface area contributed by atoms with Crippen LogP contribution in [-0.2, 0) is 19.1 Å². The van der Waals surface area contributed by atoms with Crippen LogP contribution in [0.2, 0.25) is 0 Å². The van der Waals surface area contributed by atoms with Gasteiger partial charge in [0.1, 0.15) is 6.10 Å². The minimum atomic E-state index is -0.470. The van der Waals surface area contributed by atoms with Crippen molar-refractivity contribution in [2.45, 2.75) is 26.4 Å². The summed E-state index contributed by atoms with van der Waals surface area (Å²) in [5.74, 6) is -1.04. The molecule has 1 atom stereocenters. The molecular weight excluding hydrogens is 198 g/mol. The Labute approximate surface area is 87.7 Å². The number of imide groups is 1. The fourth-order valence-electron chi connectivity index (χ4n) is 1.35. The van der Waals surface area contributed by atoms with E-state index >= 15 is 0 Å². The molecule has 82 valence electrons. The lowest BCUT2D eigenvalue weighted by atomic mass is 10.2. The Hall–Kier alpha value is -1.65. The molecule has 0 fully saturated rings. The first kappa shape index (κ1) is 11.4. The van der Waals surface area contributed by atoms with Crippen molar-refractivity contribution in [1.82, 2.24) is 4.90 Å². The first-order chi connectivity index (χ1) is 7.00. The van der Waals surface area contributed by atoms with Gasteiger partial charge in [-0.05, 0) is 6.92 Å². The molecule has 0 N–H and O–H groups in total. The number of hydrogen-bond acceptors (Lipinski definition) is 4. The molecule has 0 aliphatic carbocycles. The van der Waals surface area contributed by atoms with Crippen LogP contribution in [0.15, 0.2) is 12.2 Å². The normalized spacial score (nSPS) is 17.9. The van der Waals surface area contributed by atoms with Crippen LogP contribution < -0.4 is 0 Å². The van der Waals surface area contributed by atoms with Crippen molar-refractivity contribution in [3.05, 3.63) is 12.2 Å². The van der Waals surface area contributed by atoms with Crippen molar-refractivity contribution in [3.63, 3.8) is 0 Å². The number of ether oxygens (including phenoxy) is 1. The third-order valence-electron chi connectivity index (χ3n) is 1.93. The first-order valence-corrected chi connectivity index (χ1v) is 4.69. The zero-order valence-corrected chi connectivity index (χ0v) is 8.73. The van der Waals surface area contributed by atoms with Gasteiger partial charge < -0.3 is 4.74 Å². The average Bonchev–Trinajstić information content (AvgIpc) is 2.10. The van der Waals surface area contributed by atoms with Crippen LogP contribution in [0.5, 0.6) is 0 Å². The largest absolute Gasteiger partial charge is 0.461 e. The maximum atomic E-state index is 11.3. The number of nitrogens with zero attached hydrogens (tertiary/aromatic N) is 1. The quantitative estimate of drug-likeness (QED) is 0.496. The molecule has 1 heterocycles. The average molecular weight is 211 g/mol. The molecule has 15 heavy (non-hydrogen) atoms. The van der Waals surface area contributed by atoms with Gasteiger partial charge in [-0.2, -0.15) is 0 Å². The summed E-state index contributed by atoms with van der Waals surface area (Å²) in [7, 11) is 0. The third-order valence-corrected chi connectivity index (χ3v) is 1.93. The minimum Gasteiger partial charge on any atom is -0.461 e. The van der Waals surface area contributed by atoms with Crippen molar-refractivity contribution in [2.24, 2.45) is 0 Å². The van der Waals surface area contributed by atoms with Crippen LogP contribution in [-0.4, -0.2) is 35.3 Å². The second kappa shape index (κ2) is 4.72. The van der Waals surface area contributed by atoms with Crippen molar-refractivity contribution in [1.29, 1.82) is 0 Å². The molecular formula is C10H13NO4. The molecule has 1 rings (SSSR count). The summed E-state index contributed by atoms with van der Waals surface area (Å²) in [6, 6.07) is 0. The van der Waals surface area contributed by atoms with E-state index in [-0.39, 0.29) is 24.8 Å². The second-order valence-corrected chi connectivity index (χ2v) is 3.37. The monoisotopic (exact) mass is 211 g/mol. The van der Waals surface area contributed by atoms with Gasteiger partial charge in [-0.3, -0.25) is 19.3 Å². The van der Waals surface area contributed by atoms with E-state index in [0.717, 1.165) is 4.90 Å². The number of amides is 2. The van der Waals surface area contributed by atoms with E-state index in [1.165, 1.54) is 19.1 Å². The van der Waals surface area contributed by atoms with Gasteiger partial charge in [0.05, 0.1) is 6.54 Å². The van der Waals surface area contributed by atoms with Crippen molar-refractivity contribution >= 4 is 17.8 Å². The molecule has 1 aliphatic rings. The highest BCUT2D eigenvalue weighted by atomic mass is 16.5. The van der Waals surface area contributed by atoms with Gasteiger partial charge >= 0.3 is 5.97 Å². The summed E-state index contributed by atoms with van der Waals surface area (Å²) < 4.78 is 4.84. The fourth-order valence-corrected chi connectivity index (χ4v) is 1.35. The number of esters is 1. The zero-order valence-electron chi connectivity index (χ0n) is 8.73. The summed E-state index contributed by atoms with van der Waals surface area (Å²) >= 11 is 0. The zero-order chi connectivity index (χ0) is 11.4. The van der Waals surface area contributed by atoms with E-state index in [4.69, 9.17) is 4.74 Å². The Morgan fingerprint density at radius 2 is 2.27 bits per heavy atom. The highest BCUT2D eigenvalue weighted by molar-refractivity contribution is 6.04. The Morgan fingerprint density at radius 1 is 1.60 bits per heavy atom. The summed E-state index contributed by atoms with van der Waals surface area (Å²) in [5.41, 5.74) is 0. The topological polar surface area (TPSA) is 63.7 Å². The maximum Gasteiger partial charge on any atom is 0.302 e. The number of hydrogen-bond donors (Lipinski definition) is 0. The molecule has 5 nitrogen and oxygen atoms in total. The van der Waals surface area contributed by atoms with Gasteiger partial charge in [0.15, 0.2) is 0 Å². The summed E-state index contributed by atoms with van der Waals surface area (Å²) in [4.78, 5) is 34.4. The van der Waals surface area contributed by atoms with Crippen LogP contribution in [0.25, 0.3) is 0 Å². The Balaban J connectivity index is 2.56. The third kappa shape index (κ3) is 3.19. The van der Waals surface area contributed by atoms with Crippen LogP contribution in [0, 0.1) is 0 Å². The van der Waals surface area contributed by atoms with Gasteiger partial charge in [0, 0.05) is 19.4 Å². The smallest absolute Gasteiger partial charge is 0.302 e. The summed E-state index contributed by atoms with van der Waals surface area (Å²) in [6.45, 7) is 3.04. The highest BCUT2D eigenvalue weighted by Crippen LogP contribution is 2.07. The number of rotatable bonds is 3. The lowest BCUT2D eigenvalue weighted by Gasteiger charge is -2.24. The molecule has 0 radical (unpaired) electrons. The van der Waals surface area contributed by atoms with E-state index in [9.17, 15) is 14.4 Å². The summed E-state index contributed by atoms with van der Waals surface area (Å²) in [5, 5.41) is 0. The van der Waals surface area contributed by atoms with E-state index in [2.05, 4.69) is 0 Å². The first-order valence-electron chi connectivity index (χ1n) is 4.69. The van der Waals surface area contributed by atoms with E-state index in [0.29, 0.717) is 0 Å². The Kier molecular flexibility index (Phi) is 3.60.